The van der Waals surface area contributed by atoms with E-state index in [-0.39, 0.29) is 0 Å². The van der Waals surface area contributed by atoms with Gasteiger partial charge in [-0.3, -0.25) is 0 Å². The largest absolute Gasteiger partial charge is 0.122 e. The highest BCUT2D eigenvalue weighted by Crippen LogP contribution is 2.28. The third-order valence-corrected chi connectivity index (χ3v) is 3.72. The zero-order valence-electron chi connectivity index (χ0n) is 4.66. The van der Waals surface area contributed by atoms with Gasteiger partial charge >= 0.3 is 0 Å². The molecule has 0 bridgehead atoms. The van der Waals surface area contributed by atoms with Crippen LogP contribution in [0.15, 0.2) is 9.85 Å². The minimum Gasteiger partial charge on any atom is -0.122 e. The smallest absolute Gasteiger partial charge is 0.0741 e. The first-order chi connectivity index (χ1) is 4.24. The molecular weight excluding hydrogens is 311 g/mol. The van der Waals surface area contributed by atoms with E-state index < -0.39 is 0 Å². The first-order valence-electron chi connectivity index (χ1n) is 2.47. The topological polar surface area (TPSA) is 0 Å². The van der Waals surface area contributed by atoms with Crippen LogP contribution in [0.3, 0.4) is 0 Å². The molecule has 1 heterocycles. The van der Waals surface area contributed by atoms with E-state index in [0.717, 1.165) is 6.42 Å². The van der Waals surface area contributed by atoms with Crippen LogP contribution in [-0.2, 0) is 6.42 Å². The zero-order chi connectivity index (χ0) is 6.85. The summed E-state index contributed by atoms with van der Waals surface area (Å²) in [4.78, 5) is 0. The second kappa shape index (κ2) is 3.34. The normalized spacial score (nSPS) is 10.1. The number of thiophene rings is 1. The summed E-state index contributed by atoms with van der Waals surface area (Å²) in [5.74, 6) is 0. The lowest BCUT2D eigenvalue weighted by molar-refractivity contribution is 1.29. The Morgan fingerprint density at radius 3 is 2.67 bits per heavy atom. The highest BCUT2D eigenvalue weighted by molar-refractivity contribution is 14.1. The van der Waals surface area contributed by atoms with Crippen LogP contribution in [0.2, 0.25) is 0 Å². The Balaban J connectivity index is 3.01. The molecule has 3 heteroatoms. The van der Waals surface area contributed by atoms with Gasteiger partial charge in [-0.1, -0.05) is 0 Å². The van der Waals surface area contributed by atoms with E-state index in [1.807, 2.05) is 0 Å². The molecule has 0 aromatic carbocycles. The quantitative estimate of drug-likeness (QED) is 0.696. The van der Waals surface area contributed by atoms with Crippen molar-refractivity contribution >= 4 is 49.9 Å². The predicted molar refractivity (Wildman–Crippen MR) is 53.8 cm³/mol. The molecule has 0 N–H and O–H groups in total. The van der Waals surface area contributed by atoms with E-state index in [2.05, 4.69) is 51.5 Å². The molecule has 0 spiro atoms. The van der Waals surface area contributed by atoms with Crippen LogP contribution >= 0.6 is 49.9 Å². The van der Waals surface area contributed by atoms with Gasteiger partial charge in [-0.05, 0) is 63.5 Å². The van der Waals surface area contributed by atoms with Gasteiger partial charge in [0.05, 0.1) is 6.67 Å². The van der Waals surface area contributed by atoms with Crippen molar-refractivity contribution in [3.63, 3.8) is 0 Å². The van der Waals surface area contributed by atoms with E-state index in [1.54, 1.807) is 11.3 Å². The van der Waals surface area contributed by atoms with Crippen LogP contribution in [0, 0.1) is 9.81 Å². The molecule has 0 aliphatic carbocycles. The Hall–Kier alpha value is 0.910. The molecule has 0 amide bonds. The van der Waals surface area contributed by atoms with Crippen LogP contribution < -0.4 is 0 Å². The molecule has 0 aliphatic heterocycles. The first kappa shape index (κ1) is 8.01. The van der Waals surface area contributed by atoms with E-state index in [1.165, 1.54) is 12.2 Å². The van der Waals surface area contributed by atoms with Crippen molar-refractivity contribution in [3.8, 4) is 0 Å². The molecule has 0 unspecified atom stereocenters. The lowest BCUT2D eigenvalue weighted by Gasteiger charge is -1.85. The molecule has 1 aromatic heterocycles. The minimum atomic E-state index is 0.875. The minimum absolute atomic E-state index is 0.875. The van der Waals surface area contributed by atoms with Crippen molar-refractivity contribution in [1.82, 2.24) is 0 Å². The second-order valence-corrected chi connectivity index (χ2v) is 5.86. The number of halogens is 2. The summed E-state index contributed by atoms with van der Waals surface area (Å²) >= 11 is 7.52. The Bertz CT molecular complexity index is 207. The van der Waals surface area contributed by atoms with Crippen molar-refractivity contribution in [2.24, 2.45) is 0 Å². The molecular formula is C6H5BrIS. The summed E-state index contributed by atoms with van der Waals surface area (Å²) in [6, 6.07) is 2.16. The van der Waals surface area contributed by atoms with Crippen LogP contribution in [-0.4, -0.2) is 0 Å². The van der Waals surface area contributed by atoms with Gasteiger partial charge in [0.1, 0.15) is 0 Å². The number of hydrogen-bond acceptors (Lipinski definition) is 1. The summed E-state index contributed by atoms with van der Waals surface area (Å²) in [5, 5.41) is 0. The van der Waals surface area contributed by atoms with Crippen molar-refractivity contribution in [1.29, 1.82) is 0 Å². The monoisotopic (exact) mass is 315 g/mol. The van der Waals surface area contributed by atoms with Gasteiger partial charge in [-0.25, -0.2) is 0 Å². The van der Waals surface area contributed by atoms with Crippen molar-refractivity contribution in [3.05, 3.63) is 25.2 Å². The Labute approximate surface area is 80.9 Å². The van der Waals surface area contributed by atoms with Gasteiger partial charge in [0.25, 0.3) is 0 Å². The van der Waals surface area contributed by atoms with E-state index in [9.17, 15) is 0 Å². The Morgan fingerprint density at radius 1 is 1.78 bits per heavy atom. The highest BCUT2D eigenvalue weighted by atomic mass is 127. The summed E-state index contributed by atoms with van der Waals surface area (Å²) in [6.07, 6.45) is 0.875. The molecule has 0 atom stereocenters. The maximum Gasteiger partial charge on any atom is 0.0741 e. The molecule has 0 nitrogen and oxygen atoms in total. The van der Waals surface area contributed by atoms with Gasteiger partial charge in [0, 0.05) is 0 Å². The fourth-order valence-corrected chi connectivity index (χ4v) is 3.99. The third kappa shape index (κ3) is 1.91. The van der Waals surface area contributed by atoms with Gasteiger partial charge in [0.2, 0.25) is 0 Å². The van der Waals surface area contributed by atoms with Crippen LogP contribution in [0.5, 0.6) is 0 Å². The SMILES string of the molecule is [CH2]Cc1cc(I)sc1Br. The third-order valence-electron chi connectivity index (χ3n) is 0.997. The molecule has 0 aliphatic rings. The summed E-state index contributed by atoms with van der Waals surface area (Å²) in [5.41, 5.74) is 1.31. The lowest BCUT2D eigenvalue weighted by atomic mass is 10.3. The van der Waals surface area contributed by atoms with E-state index in [0.29, 0.717) is 0 Å². The molecule has 0 saturated heterocycles. The molecule has 1 aromatic rings. The van der Waals surface area contributed by atoms with Crippen molar-refractivity contribution < 1.29 is 0 Å². The number of rotatable bonds is 1. The van der Waals surface area contributed by atoms with Gasteiger partial charge in [0.15, 0.2) is 0 Å². The van der Waals surface area contributed by atoms with Crippen LogP contribution in [0.4, 0.5) is 0 Å². The standard InChI is InChI=1S/C6H5BrIS/c1-2-4-3-5(8)9-6(4)7/h3H,1-2H2. The average Bonchev–Trinajstić information content (AvgIpc) is 2.10. The number of hydrogen-bond donors (Lipinski definition) is 0. The summed E-state index contributed by atoms with van der Waals surface area (Å²) in [6.45, 7) is 3.80. The highest BCUT2D eigenvalue weighted by Gasteiger charge is 2.00. The second-order valence-electron chi connectivity index (χ2n) is 1.60. The van der Waals surface area contributed by atoms with Gasteiger partial charge in [-0.15, -0.1) is 11.3 Å². The van der Waals surface area contributed by atoms with Gasteiger partial charge < -0.3 is 0 Å². The van der Waals surface area contributed by atoms with Crippen molar-refractivity contribution in [2.45, 2.75) is 6.42 Å². The molecule has 0 saturated carbocycles. The molecule has 1 rings (SSSR count). The van der Waals surface area contributed by atoms with Gasteiger partial charge in [-0.2, -0.15) is 0 Å². The molecule has 49 valence electrons. The maximum atomic E-state index is 3.80. The van der Waals surface area contributed by atoms with Crippen molar-refractivity contribution in [2.75, 3.05) is 0 Å². The predicted octanol–water partition coefficient (Wildman–Crippen LogP) is 3.49. The maximum absolute atomic E-state index is 3.80. The lowest BCUT2D eigenvalue weighted by Crippen LogP contribution is -1.71. The Kier molecular flexibility index (Phi) is 2.98. The van der Waals surface area contributed by atoms with Crippen LogP contribution in [0.1, 0.15) is 5.56 Å². The zero-order valence-corrected chi connectivity index (χ0v) is 9.22. The first-order valence-corrected chi connectivity index (χ1v) is 5.16. The fourth-order valence-electron chi connectivity index (χ4n) is 0.545. The summed E-state index contributed by atoms with van der Waals surface area (Å²) in [7, 11) is 0. The van der Waals surface area contributed by atoms with Crippen LogP contribution in [0.25, 0.3) is 0 Å². The fraction of sp³-hybridized carbons (Fsp3) is 0.167. The van der Waals surface area contributed by atoms with E-state index >= 15 is 0 Å². The molecule has 0 fully saturated rings. The molecule has 9 heavy (non-hydrogen) atoms. The Morgan fingerprint density at radius 2 is 2.44 bits per heavy atom. The summed E-state index contributed by atoms with van der Waals surface area (Å²) < 4.78 is 2.54. The average molecular weight is 316 g/mol. The molecule has 1 radical (unpaired) electrons. The van der Waals surface area contributed by atoms with E-state index in [4.69, 9.17) is 0 Å².